The van der Waals surface area contributed by atoms with E-state index in [0.717, 1.165) is 46.9 Å². The largest absolute Gasteiger partial charge is 0.395 e. The van der Waals surface area contributed by atoms with E-state index in [-0.39, 0.29) is 6.61 Å². The maximum absolute atomic E-state index is 9.44. The van der Waals surface area contributed by atoms with Crippen LogP contribution in [-0.4, -0.2) is 41.8 Å². The minimum Gasteiger partial charge on any atom is -0.395 e. The van der Waals surface area contributed by atoms with Gasteiger partial charge in [0.15, 0.2) is 5.82 Å². The summed E-state index contributed by atoms with van der Waals surface area (Å²) in [7, 11) is 1.94. The number of anilines is 2. The molecule has 2 N–H and O–H groups in total. The second kappa shape index (κ2) is 7.95. The number of aliphatic hydroxyl groups is 1. The van der Waals surface area contributed by atoms with Crippen molar-refractivity contribution in [2.75, 3.05) is 37.0 Å². The summed E-state index contributed by atoms with van der Waals surface area (Å²) in [6.45, 7) is 1.30. The molecule has 5 nitrogen and oxygen atoms in total. The lowest BCUT2D eigenvalue weighted by molar-refractivity contribution is 0.303. The molecule has 2 aromatic carbocycles. The quantitative estimate of drug-likeness (QED) is 0.657. The van der Waals surface area contributed by atoms with Crippen molar-refractivity contribution in [3.8, 4) is 22.6 Å². The third kappa shape index (κ3) is 3.65. The molecule has 0 amide bonds. The number of hydrogen-bond donors (Lipinski definition) is 2. The standard InChI is InChI=1S/C21H20Cl2N4O/c1-27(10-11-28)21-17-8-9-24-18-12-15(23)6-7-16(18)19(17)25-20(26-21)13-2-4-14(22)5-3-13/h2-7,12,24,28H,8-11H2,1H3. The zero-order valence-corrected chi connectivity index (χ0v) is 16.9. The molecule has 2 heterocycles. The van der Waals surface area contributed by atoms with Crippen LogP contribution in [0.2, 0.25) is 10.0 Å². The molecule has 3 aromatic rings. The molecule has 0 spiro atoms. The SMILES string of the molecule is CN(CCO)c1nc(-c2ccc(Cl)cc2)nc2c1CCNc1cc(Cl)ccc1-2. The zero-order valence-electron chi connectivity index (χ0n) is 15.4. The number of hydrogen-bond acceptors (Lipinski definition) is 5. The summed E-state index contributed by atoms with van der Waals surface area (Å²) in [5, 5.41) is 14.2. The first kappa shape index (κ1) is 19.0. The van der Waals surface area contributed by atoms with E-state index in [9.17, 15) is 5.11 Å². The van der Waals surface area contributed by atoms with Crippen molar-refractivity contribution < 1.29 is 5.11 Å². The summed E-state index contributed by atoms with van der Waals surface area (Å²) in [6.07, 6.45) is 0.771. The Morgan fingerprint density at radius 1 is 1.07 bits per heavy atom. The van der Waals surface area contributed by atoms with Gasteiger partial charge in [-0.2, -0.15) is 0 Å². The van der Waals surface area contributed by atoms with Crippen LogP contribution in [0.1, 0.15) is 5.56 Å². The first-order chi connectivity index (χ1) is 13.6. The second-order valence-corrected chi connectivity index (χ2v) is 7.59. The summed E-state index contributed by atoms with van der Waals surface area (Å²) < 4.78 is 0. The Hall–Kier alpha value is -2.34. The third-order valence-corrected chi connectivity index (χ3v) is 5.30. The molecule has 1 aromatic heterocycles. The van der Waals surface area contributed by atoms with Crippen LogP contribution in [0.5, 0.6) is 0 Å². The summed E-state index contributed by atoms with van der Waals surface area (Å²) in [4.78, 5) is 11.7. The van der Waals surface area contributed by atoms with Gasteiger partial charge in [0.05, 0.1) is 12.3 Å². The first-order valence-corrected chi connectivity index (χ1v) is 9.85. The van der Waals surface area contributed by atoms with Gasteiger partial charge >= 0.3 is 0 Å². The molecule has 4 rings (SSSR count). The monoisotopic (exact) mass is 414 g/mol. The van der Waals surface area contributed by atoms with E-state index in [1.54, 1.807) is 0 Å². The van der Waals surface area contributed by atoms with E-state index >= 15 is 0 Å². The van der Waals surface area contributed by atoms with Gasteiger partial charge in [-0.05, 0) is 48.9 Å². The Balaban J connectivity index is 1.95. The lowest BCUT2D eigenvalue weighted by Gasteiger charge is -2.22. The van der Waals surface area contributed by atoms with Crippen LogP contribution in [0.15, 0.2) is 42.5 Å². The molecule has 1 aliphatic heterocycles. The average molecular weight is 415 g/mol. The molecule has 1 aliphatic rings. The molecular formula is C21H20Cl2N4O. The fraction of sp³-hybridized carbons (Fsp3) is 0.238. The van der Waals surface area contributed by atoms with Gasteiger partial charge in [0.25, 0.3) is 0 Å². The van der Waals surface area contributed by atoms with Gasteiger partial charge in [0, 0.05) is 52.6 Å². The summed E-state index contributed by atoms with van der Waals surface area (Å²) in [5.74, 6) is 1.45. The lowest BCUT2D eigenvalue weighted by atomic mass is 10.0. The topological polar surface area (TPSA) is 61.3 Å². The minimum absolute atomic E-state index is 0.0516. The lowest BCUT2D eigenvalue weighted by Crippen LogP contribution is -2.24. The van der Waals surface area contributed by atoms with Crippen LogP contribution >= 0.6 is 23.2 Å². The maximum Gasteiger partial charge on any atom is 0.162 e. The van der Waals surface area contributed by atoms with Crippen LogP contribution in [0.25, 0.3) is 22.6 Å². The van der Waals surface area contributed by atoms with Crippen LogP contribution < -0.4 is 10.2 Å². The van der Waals surface area contributed by atoms with E-state index in [0.29, 0.717) is 22.4 Å². The fourth-order valence-corrected chi connectivity index (χ4v) is 3.71. The molecule has 7 heteroatoms. The van der Waals surface area contributed by atoms with Crippen molar-refractivity contribution in [2.24, 2.45) is 0 Å². The normalized spacial score (nSPS) is 12.6. The minimum atomic E-state index is 0.0516. The van der Waals surface area contributed by atoms with E-state index in [1.165, 1.54) is 0 Å². The average Bonchev–Trinajstić information content (AvgIpc) is 2.86. The molecule has 0 bridgehead atoms. The highest BCUT2D eigenvalue weighted by Crippen LogP contribution is 2.38. The van der Waals surface area contributed by atoms with Gasteiger partial charge in [-0.15, -0.1) is 0 Å². The Labute approximate surface area is 174 Å². The number of rotatable bonds is 4. The number of nitrogens with one attached hydrogen (secondary N) is 1. The Kier molecular flexibility index (Phi) is 5.40. The van der Waals surface area contributed by atoms with Crippen LogP contribution in [0, 0.1) is 0 Å². The zero-order chi connectivity index (χ0) is 19.7. The van der Waals surface area contributed by atoms with Crippen LogP contribution in [-0.2, 0) is 6.42 Å². The van der Waals surface area contributed by atoms with Crippen molar-refractivity contribution >= 4 is 34.7 Å². The second-order valence-electron chi connectivity index (χ2n) is 6.72. The highest BCUT2D eigenvalue weighted by Gasteiger charge is 2.23. The van der Waals surface area contributed by atoms with Crippen molar-refractivity contribution in [1.82, 2.24) is 9.97 Å². The smallest absolute Gasteiger partial charge is 0.162 e. The van der Waals surface area contributed by atoms with Crippen molar-refractivity contribution in [2.45, 2.75) is 6.42 Å². The Morgan fingerprint density at radius 3 is 2.57 bits per heavy atom. The van der Waals surface area contributed by atoms with E-state index in [1.807, 2.05) is 54.4 Å². The van der Waals surface area contributed by atoms with Crippen molar-refractivity contribution in [1.29, 1.82) is 0 Å². The van der Waals surface area contributed by atoms with Gasteiger partial charge in [-0.1, -0.05) is 23.2 Å². The molecule has 0 saturated carbocycles. The highest BCUT2D eigenvalue weighted by atomic mass is 35.5. The van der Waals surface area contributed by atoms with Gasteiger partial charge < -0.3 is 15.3 Å². The molecular weight excluding hydrogens is 395 g/mol. The molecule has 28 heavy (non-hydrogen) atoms. The predicted molar refractivity (Wildman–Crippen MR) is 115 cm³/mol. The molecule has 0 aliphatic carbocycles. The fourth-order valence-electron chi connectivity index (χ4n) is 3.42. The Morgan fingerprint density at radius 2 is 1.82 bits per heavy atom. The number of benzene rings is 2. The van der Waals surface area contributed by atoms with Gasteiger partial charge in [0.1, 0.15) is 5.82 Å². The third-order valence-electron chi connectivity index (χ3n) is 4.81. The van der Waals surface area contributed by atoms with Gasteiger partial charge in [-0.25, -0.2) is 9.97 Å². The molecule has 0 atom stereocenters. The van der Waals surface area contributed by atoms with Crippen LogP contribution in [0.3, 0.4) is 0 Å². The van der Waals surface area contributed by atoms with Gasteiger partial charge in [-0.3, -0.25) is 0 Å². The number of nitrogens with zero attached hydrogens (tertiary/aromatic N) is 3. The predicted octanol–water partition coefficient (Wildman–Crippen LogP) is 4.51. The number of aromatic nitrogens is 2. The number of fused-ring (bicyclic) bond motifs is 3. The summed E-state index contributed by atoms with van der Waals surface area (Å²) in [5.41, 5.74) is 4.79. The first-order valence-electron chi connectivity index (χ1n) is 9.09. The van der Waals surface area contributed by atoms with E-state index in [4.69, 9.17) is 33.2 Å². The maximum atomic E-state index is 9.44. The van der Waals surface area contributed by atoms with E-state index < -0.39 is 0 Å². The molecule has 0 fully saturated rings. The van der Waals surface area contributed by atoms with Crippen LogP contribution in [0.4, 0.5) is 11.5 Å². The number of halogens is 2. The number of aliphatic hydroxyl groups excluding tert-OH is 1. The number of likely N-dealkylation sites (N-methyl/N-ethyl adjacent to an activating group) is 1. The highest BCUT2D eigenvalue weighted by molar-refractivity contribution is 6.31. The molecule has 0 radical (unpaired) electrons. The van der Waals surface area contributed by atoms with Crippen molar-refractivity contribution in [3.05, 3.63) is 58.1 Å². The molecule has 0 saturated heterocycles. The molecule has 0 unspecified atom stereocenters. The molecule has 144 valence electrons. The van der Waals surface area contributed by atoms with Gasteiger partial charge in [0.2, 0.25) is 0 Å². The summed E-state index contributed by atoms with van der Waals surface area (Å²) in [6, 6.07) is 13.3. The Bertz CT molecular complexity index is 1010. The summed E-state index contributed by atoms with van der Waals surface area (Å²) >= 11 is 12.2. The van der Waals surface area contributed by atoms with E-state index in [2.05, 4.69) is 5.32 Å². The van der Waals surface area contributed by atoms with Crippen molar-refractivity contribution in [3.63, 3.8) is 0 Å².